The summed E-state index contributed by atoms with van der Waals surface area (Å²) in [4.78, 5) is 14.0. The molecule has 5 nitrogen and oxygen atoms in total. The van der Waals surface area contributed by atoms with Crippen molar-refractivity contribution in [2.24, 2.45) is 0 Å². The Morgan fingerprint density at radius 3 is 2.85 bits per heavy atom. The molecule has 106 valence electrons. The molecule has 1 fully saturated rings. The Bertz CT molecular complexity index is 487. The molecule has 1 aliphatic heterocycles. The third-order valence-electron chi connectivity index (χ3n) is 3.52. The molecule has 0 saturated carbocycles. The Kier molecular flexibility index (Phi) is 5.10. The Labute approximate surface area is 119 Å². The maximum absolute atomic E-state index is 11.9. The van der Waals surface area contributed by atoms with Gasteiger partial charge in [-0.3, -0.25) is 4.79 Å². The topological polar surface area (TPSA) is 65.4 Å². The lowest BCUT2D eigenvalue weighted by Crippen LogP contribution is -2.34. The highest BCUT2D eigenvalue weighted by atomic mass is 16.5. The smallest absolute Gasteiger partial charge is 0.225 e. The maximum Gasteiger partial charge on any atom is 0.225 e. The molecule has 0 radical (unpaired) electrons. The summed E-state index contributed by atoms with van der Waals surface area (Å²) in [6, 6.07) is 9.34. The molecule has 20 heavy (non-hydrogen) atoms. The summed E-state index contributed by atoms with van der Waals surface area (Å²) < 4.78 is 5.33. The van der Waals surface area contributed by atoms with Gasteiger partial charge in [0.15, 0.2) is 0 Å². The zero-order chi connectivity index (χ0) is 14.4. The van der Waals surface area contributed by atoms with Gasteiger partial charge in [0.25, 0.3) is 0 Å². The highest BCUT2D eigenvalue weighted by Gasteiger charge is 2.20. The number of carbonyl (C=O) groups excluding carboxylic acids is 1. The third kappa shape index (κ3) is 4.05. The molecule has 1 aromatic rings. The number of hydrogen-bond donors (Lipinski definition) is 1. The SMILES string of the molecule is CN(CCC(=O)Nc1ccc(C#N)cc1)C1CCOC1. The zero-order valence-electron chi connectivity index (χ0n) is 11.6. The van der Waals surface area contributed by atoms with E-state index in [1.807, 2.05) is 13.1 Å². The predicted octanol–water partition coefficient (Wildman–Crippen LogP) is 1.61. The molecule has 2 rings (SSSR count). The Morgan fingerprint density at radius 2 is 2.25 bits per heavy atom. The first-order chi connectivity index (χ1) is 9.69. The van der Waals surface area contributed by atoms with Crippen molar-refractivity contribution < 1.29 is 9.53 Å². The highest BCUT2D eigenvalue weighted by Crippen LogP contribution is 2.12. The number of nitrogens with zero attached hydrogens (tertiary/aromatic N) is 2. The van der Waals surface area contributed by atoms with E-state index in [4.69, 9.17) is 10.00 Å². The van der Waals surface area contributed by atoms with Crippen LogP contribution in [0.25, 0.3) is 0 Å². The van der Waals surface area contributed by atoms with Crippen LogP contribution in [-0.2, 0) is 9.53 Å². The number of ether oxygens (including phenoxy) is 1. The molecular formula is C15H19N3O2. The Balaban J connectivity index is 1.75. The van der Waals surface area contributed by atoms with E-state index in [-0.39, 0.29) is 5.91 Å². The fourth-order valence-corrected chi connectivity index (χ4v) is 2.18. The summed E-state index contributed by atoms with van der Waals surface area (Å²) in [6.07, 6.45) is 1.49. The summed E-state index contributed by atoms with van der Waals surface area (Å²) >= 11 is 0. The average Bonchev–Trinajstić information content (AvgIpc) is 3.00. The monoisotopic (exact) mass is 273 g/mol. The molecule has 0 aromatic heterocycles. The van der Waals surface area contributed by atoms with Gasteiger partial charge >= 0.3 is 0 Å². The van der Waals surface area contributed by atoms with Crippen LogP contribution < -0.4 is 5.32 Å². The Morgan fingerprint density at radius 1 is 1.50 bits per heavy atom. The van der Waals surface area contributed by atoms with Crippen LogP contribution in [0.2, 0.25) is 0 Å². The first-order valence-corrected chi connectivity index (χ1v) is 6.77. The zero-order valence-corrected chi connectivity index (χ0v) is 11.6. The van der Waals surface area contributed by atoms with Gasteiger partial charge in [0.05, 0.1) is 18.2 Å². The van der Waals surface area contributed by atoms with Gasteiger partial charge in [0, 0.05) is 31.3 Å². The number of benzene rings is 1. The van der Waals surface area contributed by atoms with Crippen LogP contribution >= 0.6 is 0 Å². The van der Waals surface area contributed by atoms with E-state index in [1.165, 1.54) is 0 Å². The minimum absolute atomic E-state index is 0.0135. The largest absolute Gasteiger partial charge is 0.380 e. The van der Waals surface area contributed by atoms with Crippen LogP contribution in [0.3, 0.4) is 0 Å². The van der Waals surface area contributed by atoms with Crippen molar-refractivity contribution >= 4 is 11.6 Å². The highest BCUT2D eigenvalue weighted by molar-refractivity contribution is 5.90. The van der Waals surface area contributed by atoms with Gasteiger partial charge in [-0.2, -0.15) is 5.26 Å². The predicted molar refractivity (Wildman–Crippen MR) is 76.3 cm³/mol. The Hall–Kier alpha value is -1.90. The molecule has 1 N–H and O–H groups in total. The van der Waals surface area contributed by atoms with Gasteiger partial charge in [-0.15, -0.1) is 0 Å². The van der Waals surface area contributed by atoms with Gasteiger partial charge < -0.3 is 15.0 Å². The van der Waals surface area contributed by atoms with E-state index in [9.17, 15) is 4.79 Å². The normalized spacial score (nSPS) is 17.9. The van der Waals surface area contributed by atoms with Gasteiger partial charge in [0.1, 0.15) is 0 Å². The summed E-state index contributed by atoms with van der Waals surface area (Å²) in [7, 11) is 2.02. The van der Waals surface area contributed by atoms with E-state index < -0.39 is 0 Å². The van der Waals surface area contributed by atoms with Crippen molar-refractivity contribution in [1.82, 2.24) is 4.90 Å². The molecule has 1 saturated heterocycles. The molecule has 1 amide bonds. The number of likely N-dealkylation sites (N-methyl/N-ethyl adjacent to an activating group) is 1. The van der Waals surface area contributed by atoms with Crippen molar-refractivity contribution in [3.8, 4) is 6.07 Å². The van der Waals surface area contributed by atoms with Crippen LogP contribution in [0.4, 0.5) is 5.69 Å². The van der Waals surface area contributed by atoms with Crippen molar-refractivity contribution in [1.29, 1.82) is 5.26 Å². The summed E-state index contributed by atoms with van der Waals surface area (Å²) in [5.74, 6) is -0.0135. The van der Waals surface area contributed by atoms with E-state index in [1.54, 1.807) is 24.3 Å². The molecule has 1 unspecified atom stereocenters. The van der Waals surface area contributed by atoms with E-state index >= 15 is 0 Å². The summed E-state index contributed by atoms with van der Waals surface area (Å²) in [5.41, 5.74) is 1.31. The van der Waals surface area contributed by atoms with Gasteiger partial charge in [-0.25, -0.2) is 0 Å². The number of anilines is 1. The van der Waals surface area contributed by atoms with Crippen LogP contribution in [0.1, 0.15) is 18.4 Å². The number of nitriles is 1. The lowest BCUT2D eigenvalue weighted by Gasteiger charge is -2.22. The van der Waals surface area contributed by atoms with Crippen LogP contribution in [0.5, 0.6) is 0 Å². The lowest BCUT2D eigenvalue weighted by molar-refractivity contribution is -0.116. The first kappa shape index (κ1) is 14.5. The minimum atomic E-state index is -0.0135. The fourth-order valence-electron chi connectivity index (χ4n) is 2.18. The van der Waals surface area contributed by atoms with E-state index in [2.05, 4.69) is 10.2 Å². The fraction of sp³-hybridized carbons (Fsp3) is 0.467. The summed E-state index contributed by atoms with van der Waals surface area (Å²) in [5, 5.41) is 11.5. The first-order valence-electron chi connectivity index (χ1n) is 6.77. The minimum Gasteiger partial charge on any atom is -0.380 e. The van der Waals surface area contributed by atoms with E-state index in [0.29, 0.717) is 18.0 Å². The molecule has 0 aliphatic carbocycles. The third-order valence-corrected chi connectivity index (χ3v) is 3.52. The molecule has 0 bridgehead atoms. The number of hydrogen-bond acceptors (Lipinski definition) is 4. The average molecular weight is 273 g/mol. The number of rotatable bonds is 5. The number of nitrogens with one attached hydrogen (secondary N) is 1. The molecule has 1 atom stereocenters. The van der Waals surface area contributed by atoms with Crippen LogP contribution in [0.15, 0.2) is 24.3 Å². The van der Waals surface area contributed by atoms with Gasteiger partial charge in [0.2, 0.25) is 5.91 Å². The summed E-state index contributed by atoms with van der Waals surface area (Å²) in [6.45, 7) is 2.29. The van der Waals surface area contributed by atoms with Crippen molar-refractivity contribution in [3.05, 3.63) is 29.8 Å². The second-order valence-electron chi connectivity index (χ2n) is 4.99. The second-order valence-corrected chi connectivity index (χ2v) is 4.99. The quantitative estimate of drug-likeness (QED) is 0.885. The van der Waals surface area contributed by atoms with Crippen molar-refractivity contribution in [2.75, 3.05) is 32.1 Å². The molecule has 5 heteroatoms. The van der Waals surface area contributed by atoms with E-state index in [0.717, 1.165) is 31.9 Å². The number of amides is 1. The molecule has 1 aromatic carbocycles. The maximum atomic E-state index is 11.9. The number of carbonyl (C=O) groups is 1. The molecule has 0 spiro atoms. The molecule has 1 heterocycles. The van der Waals surface area contributed by atoms with Crippen LogP contribution in [0, 0.1) is 11.3 Å². The van der Waals surface area contributed by atoms with Crippen molar-refractivity contribution in [3.63, 3.8) is 0 Å². The van der Waals surface area contributed by atoms with Gasteiger partial charge in [-0.05, 0) is 37.7 Å². The molecule has 1 aliphatic rings. The van der Waals surface area contributed by atoms with Crippen molar-refractivity contribution in [2.45, 2.75) is 18.9 Å². The lowest BCUT2D eigenvalue weighted by atomic mass is 10.2. The van der Waals surface area contributed by atoms with Gasteiger partial charge in [-0.1, -0.05) is 0 Å². The standard InChI is InChI=1S/C15H19N3O2/c1-18(14-7-9-20-11-14)8-6-15(19)17-13-4-2-12(10-16)3-5-13/h2-5,14H,6-9,11H2,1H3,(H,17,19). The van der Waals surface area contributed by atoms with Crippen LogP contribution in [-0.4, -0.2) is 43.7 Å². The molecular weight excluding hydrogens is 254 g/mol. The second kappa shape index (κ2) is 7.04.